The quantitative estimate of drug-likeness (QED) is 0.829. The fourth-order valence-electron chi connectivity index (χ4n) is 1.45. The first-order valence-electron chi connectivity index (χ1n) is 5.33. The van der Waals surface area contributed by atoms with Gasteiger partial charge < -0.3 is 10.4 Å². The molecule has 0 aliphatic rings. The van der Waals surface area contributed by atoms with E-state index >= 15 is 0 Å². The summed E-state index contributed by atoms with van der Waals surface area (Å²) >= 11 is 0. The van der Waals surface area contributed by atoms with Crippen molar-refractivity contribution in [2.45, 2.75) is 0 Å². The van der Waals surface area contributed by atoms with Gasteiger partial charge in [-0.2, -0.15) is 4.39 Å². The molecule has 1 aromatic carbocycles. The van der Waals surface area contributed by atoms with E-state index in [1.54, 1.807) is 0 Å². The van der Waals surface area contributed by atoms with Gasteiger partial charge in [-0.15, -0.1) is 0 Å². The van der Waals surface area contributed by atoms with Crippen LogP contribution in [0.25, 0.3) is 0 Å². The maximum absolute atomic E-state index is 13.3. The lowest BCUT2D eigenvalue weighted by Crippen LogP contribution is -2.14. The predicted molar refractivity (Wildman–Crippen MR) is 65.5 cm³/mol. The minimum Gasteiger partial charge on any atom is -0.478 e. The van der Waals surface area contributed by atoms with Crippen LogP contribution in [-0.4, -0.2) is 22.0 Å². The van der Waals surface area contributed by atoms with E-state index in [9.17, 15) is 14.0 Å². The minimum atomic E-state index is -1.06. The van der Waals surface area contributed by atoms with E-state index in [0.29, 0.717) is 5.69 Å². The first-order chi connectivity index (χ1) is 9.08. The zero-order chi connectivity index (χ0) is 13.8. The van der Waals surface area contributed by atoms with Gasteiger partial charge in [-0.05, 0) is 36.4 Å². The number of rotatable bonds is 3. The van der Waals surface area contributed by atoms with Gasteiger partial charge >= 0.3 is 5.97 Å². The molecule has 1 amide bonds. The number of carbonyl (C=O) groups excluding carboxylic acids is 1. The van der Waals surface area contributed by atoms with Gasteiger partial charge in [0.2, 0.25) is 5.95 Å². The Hall–Kier alpha value is -2.76. The molecule has 0 unspecified atom stereocenters. The van der Waals surface area contributed by atoms with Gasteiger partial charge in [-0.1, -0.05) is 0 Å². The zero-order valence-corrected chi connectivity index (χ0v) is 9.63. The Kier molecular flexibility index (Phi) is 3.51. The molecule has 0 aliphatic heterocycles. The molecule has 0 aliphatic carbocycles. The molecule has 2 aromatic rings. The fraction of sp³-hybridized carbons (Fsp3) is 0. The first kappa shape index (κ1) is 12.7. The van der Waals surface area contributed by atoms with Crippen LogP contribution < -0.4 is 5.32 Å². The van der Waals surface area contributed by atoms with Crippen molar-refractivity contribution in [3.63, 3.8) is 0 Å². The second-order valence-electron chi connectivity index (χ2n) is 3.68. The molecular weight excluding hydrogens is 251 g/mol. The smallest absolute Gasteiger partial charge is 0.335 e. The molecule has 0 saturated carbocycles. The maximum Gasteiger partial charge on any atom is 0.335 e. The molecule has 2 rings (SSSR count). The summed E-state index contributed by atoms with van der Waals surface area (Å²) in [6.45, 7) is 0. The third kappa shape index (κ3) is 2.92. The van der Waals surface area contributed by atoms with Crippen molar-refractivity contribution in [1.82, 2.24) is 4.98 Å². The van der Waals surface area contributed by atoms with E-state index in [-0.39, 0.29) is 11.1 Å². The van der Waals surface area contributed by atoms with Crippen LogP contribution in [0.3, 0.4) is 0 Å². The van der Waals surface area contributed by atoms with Crippen LogP contribution in [0.2, 0.25) is 0 Å². The molecule has 6 heteroatoms. The molecule has 0 atom stereocenters. The first-order valence-corrected chi connectivity index (χ1v) is 5.33. The lowest BCUT2D eigenvalue weighted by molar-refractivity contribution is 0.0696. The standard InChI is InChI=1S/C13H9FN2O3/c14-11-10(2-1-7-15-11)12(17)16-9-5-3-8(4-6-9)13(18)19/h1-7H,(H,16,17)(H,18,19). The average Bonchev–Trinajstić information content (AvgIpc) is 2.39. The number of halogens is 1. The molecule has 1 aromatic heterocycles. The summed E-state index contributed by atoms with van der Waals surface area (Å²) in [5.41, 5.74) is 0.300. The van der Waals surface area contributed by atoms with Gasteiger partial charge in [0.15, 0.2) is 0 Å². The van der Waals surface area contributed by atoms with Crippen LogP contribution >= 0.6 is 0 Å². The van der Waals surface area contributed by atoms with Gasteiger partial charge in [-0.25, -0.2) is 9.78 Å². The van der Waals surface area contributed by atoms with Crippen molar-refractivity contribution in [1.29, 1.82) is 0 Å². The third-order valence-corrected chi connectivity index (χ3v) is 2.39. The number of amides is 1. The van der Waals surface area contributed by atoms with Crippen LogP contribution in [0.15, 0.2) is 42.6 Å². The number of pyridine rings is 1. The molecule has 0 spiro atoms. The van der Waals surface area contributed by atoms with E-state index in [2.05, 4.69) is 10.3 Å². The van der Waals surface area contributed by atoms with Crippen molar-refractivity contribution < 1.29 is 19.1 Å². The normalized spacial score (nSPS) is 9.95. The number of hydrogen-bond acceptors (Lipinski definition) is 3. The van der Waals surface area contributed by atoms with Crippen LogP contribution in [0.4, 0.5) is 10.1 Å². The fourth-order valence-corrected chi connectivity index (χ4v) is 1.45. The molecular formula is C13H9FN2O3. The molecule has 19 heavy (non-hydrogen) atoms. The lowest BCUT2D eigenvalue weighted by atomic mass is 10.2. The van der Waals surface area contributed by atoms with E-state index in [4.69, 9.17) is 5.11 Å². The monoisotopic (exact) mass is 260 g/mol. The van der Waals surface area contributed by atoms with Crippen molar-refractivity contribution in [3.05, 3.63) is 59.7 Å². The number of aromatic nitrogens is 1. The average molecular weight is 260 g/mol. The number of hydrogen-bond donors (Lipinski definition) is 2. The second kappa shape index (κ2) is 5.26. The predicted octanol–water partition coefficient (Wildman–Crippen LogP) is 2.17. The summed E-state index contributed by atoms with van der Waals surface area (Å²) in [5.74, 6) is -2.56. The Morgan fingerprint density at radius 2 is 1.84 bits per heavy atom. The van der Waals surface area contributed by atoms with Crippen molar-refractivity contribution in [2.75, 3.05) is 5.32 Å². The molecule has 5 nitrogen and oxygen atoms in total. The molecule has 0 radical (unpaired) electrons. The molecule has 0 fully saturated rings. The number of anilines is 1. The lowest BCUT2D eigenvalue weighted by Gasteiger charge is -2.05. The summed E-state index contributed by atoms with van der Waals surface area (Å²) in [7, 11) is 0. The van der Waals surface area contributed by atoms with Crippen LogP contribution in [0.5, 0.6) is 0 Å². The van der Waals surface area contributed by atoms with Gasteiger partial charge in [0.25, 0.3) is 5.91 Å². The summed E-state index contributed by atoms with van der Waals surface area (Å²) in [5, 5.41) is 11.2. The molecule has 0 saturated heterocycles. The van der Waals surface area contributed by atoms with E-state index in [1.807, 2.05) is 0 Å². The van der Waals surface area contributed by atoms with E-state index < -0.39 is 17.8 Å². The second-order valence-corrected chi connectivity index (χ2v) is 3.68. The highest BCUT2D eigenvalue weighted by Gasteiger charge is 2.12. The number of benzene rings is 1. The van der Waals surface area contributed by atoms with Gasteiger partial charge in [-0.3, -0.25) is 4.79 Å². The Morgan fingerprint density at radius 1 is 1.16 bits per heavy atom. The Balaban J connectivity index is 2.15. The van der Waals surface area contributed by atoms with Crippen LogP contribution in [0, 0.1) is 5.95 Å². The number of aromatic carboxylic acids is 1. The number of nitrogens with zero attached hydrogens (tertiary/aromatic N) is 1. The zero-order valence-electron chi connectivity index (χ0n) is 9.63. The summed E-state index contributed by atoms with van der Waals surface area (Å²) in [6, 6.07) is 8.30. The van der Waals surface area contributed by atoms with E-state index in [0.717, 1.165) is 0 Å². The van der Waals surface area contributed by atoms with Crippen LogP contribution in [-0.2, 0) is 0 Å². The largest absolute Gasteiger partial charge is 0.478 e. The third-order valence-electron chi connectivity index (χ3n) is 2.39. The van der Waals surface area contributed by atoms with E-state index in [1.165, 1.54) is 42.6 Å². The Morgan fingerprint density at radius 3 is 2.42 bits per heavy atom. The van der Waals surface area contributed by atoms with Crippen molar-refractivity contribution in [2.24, 2.45) is 0 Å². The number of carboxylic acid groups (broad SMARTS) is 1. The van der Waals surface area contributed by atoms with Crippen molar-refractivity contribution in [3.8, 4) is 0 Å². The topological polar surface area (TPSA) is 79.3 Å². The van der Waals surface area contributed by atoms with Crippen LogP contribution in [0.1, 0.15) is 20.7 Å². The Bertz CT molecular complexity index is 626. The highest BCUT2D eigenvalue weighted by Crippen LogP contribution is 2.12. The number of carboxylic acids is 1. The summed E-state index contributed by atoms with van der Waals surface area (Å²) in [4.78, 5) is 25.8. The molecule has 0 bridgehead atoms. The Labute approximate surface area is 107 Å². The van der Waals surface area contributed by atoms with Gasteiger partial charge in [0, 0.05) is 11.9 Å². The summed E-state index contributed by atoms with van der Waals surface area (Å²) in [6.07, 6.45) is 1.24. The molecule has 96 valence electrons. The highest BCUT2D eigenvalue weighted by atomic mass is 19.1. The molecule has 1 heterocycles. The molecule has 2 N–H and O–H groups in total. The van der Waals surface area contributed by atoms with Crippen molar-refractivity contribution >= 4 is 17.6 Å². The minimum absolute atomic E-state index is 0.102. The summed E-state index contributed by atoms with van der Waals surface area (Å²) < 4.78 is 13.3. The maximum atomic E-state index is 13.3. The number of nitrogens with one attached hydrogen (secondary N) is 1. The highest BCUT2D eigenvalue weighted by molar-refractivity contribution is 6.04. The number of carbonyl (C=O) groups is 2. The van der Waals surface area contributed by atoms with Gasteiger partial charge in [0.1, 0.15) is 0 Å². The van der Waals surface area contributed by atoms with Gasteiger partial charge in [0.05, 0.1) is 11.1 Å². The SMILES string of the molecule is O=C(O)c1ccc(NC(=O)c2cccnc2F)cc1.